The third-order valence-corrected chi connectivity index (χ3v) is 32.3. The summed E-state index contributed by atoms with van der Waals surface area (Å²) in [5.41, 5.74) is 21.5. The van der Waals surface area contributed by atoms with Gasteiger partial charge in [-0.05, 0) is 163 Å². The Morgan fingerprint density at radius 1 is 0.377 bits per heavy atom. The molecule has 0 aromatic carbocycles. The molecule has 69 heavy (non-hydrogen) atoms. The van der Waals surface area contributed by atoms with Crippen LogP contribution in [0.4, 0.5) is 0 Å². The summed E-state index contributed by atoms with van der Waals surface area (Å²) in [6.07, 6.45) is 24.2. The molecule has 0 aromatic heterocycles. The largest absolute Gasteiger partial charge is 4.00 e. The van der Waals surface area contributed by atoms with Crippen molar-refractivity contribution in [2.75, 3.05) is 34.5 Å². The van der Waals surface area contributed by atoms with Crippen LogP contribution in [0.1, 0.15) is 41.5 Å². The fourth-order valence-electron chi connectivity index (χ4n) is 12.6. The first-order valence-electron chi connectivity index (χ1n) is 22.6. The molecule has 0 unspecified atom stereocenters. The molecule has 0 bridgehead atoms. The molecule has 6 aliphatic heterocycles. The van der Waals surface area contributed by atoms with Crippen molar-refractivity contribution in [3.05, 3.63) is 200 Å². The molecule has 356 valence electrons. The van der Waals surface area contributed by atoms with Crippen molar-refractivity contribution in [1.82, 2.24) is 0 Å². The molecule has 0 fully saturated rings. The molecule has 0 nitrogen and oxygen atoms in total. The normalized spacial score (nSPS) is 22.1. The second kappa shape index (κ2) is 24.1. The Kier molecular flexibility index (Phi) is 21.9. The Balaban J connectivity index is 0.000000216. The molecule has 6 heterocycles. The van der Waals surface area contributed by atoms with Crippen molar-refractivity contribution >= 4 is 94.8 Å². The quantitative estimate of drug-likeness (QED) is 0.354. The van der Waals surface area contributed by atoms with Gasteiger partial charge in [-0.15, -0.1) is 70.6 Å². The van der Waals surface area contributed by atoms with Crippen molar-refractivity contribution in [2.24, 2.45) is 0 Å². The van der Waals surface area contributed by atoms with Crippen LogP contribution in [0, 0.1) is 0 Å². The first-order chi connectivity index (χ1) is 30.0. The van der Waals surface area contributed by atoms with Gasteiger partial charge in [0, 0.05) is 54.1 Å². The van der Waals surface area contributed by atoms with E-state index in [1.807, 2.05) is 70.6 Å². The Hall–Kier alpha value is 0.997. The maximum atomic E-state index is 2.55. The summed E-state index contributed by atoms with van der Waals surface area (Å²) in [6.45, 7) is 29.2. The van der Waals surface area contributed by atoms with E-state index >= 15 is 0 Å². The maximum absolute atomic E-state index is 2.55. The van der Waals surface area contributed by atoms with Gasteiger partial charge in [0.05, 0.1) is 0 Å². The zero-order valence-electron chi connectivity index (χ0n) is 41.6. The maximum Gasteiger partial charge on any atom is 4.00 e. The van der Waals surface area contributed by atoms with E-state index in [2.05, 4.69) is 152 Å². The fourth-order valence-corrected chi connectivity index (χ4v) is 33.2. The second-order valence-electron chi connectivity index (χ2n) is 20.0. The average Bonchev–Trinajstić information content (AvgIpc) is 3.98. The SMILES string of the molecule is CC1=C([Si](C)(C)C2=C(C)C=C3CSC=C32)C2=CSCC2=C1.CC1=C([Si](C)(C)C2=C(C)C=C3SCC=C32)C2=CCSC2=C1.CC1=CC2=CCSC2=C1[Si](C)(C)C1=C2SCC=C2C=C1C.[Cl-].[Cl-].[Cl-].[Cl-].[Zr+4].[Zr+4]. The number of halogens is 4. The van der Waals surface area contributed by atoms with Gasteiger partial charge in [-0.1, -0.05) is 99.0 Å². The van der Waals surface area contributed by atoms with Crippen LogP contribution < -0.4 is 49.6 Å². The Bertz CT molecular complexity index is 2550. The van der Waals surface area contributed by atoms with Crippen molar-refractivity contribution in [2.45, 2.75) is 80.8 Å². The number of hydrogen-bond donors (Lipinski definition) is 0. The zero-order valence-corrected chi connectivity index (χ0v) is 57.5. The first-order valence-corrected chi connectivity index (χ1v) is 37.6. The van der Waals surface area contributed by atoms with E-state index in [0.717, 1.165) is 23.0 Å². The zero-order chi connectivity index (χ0) is 44.3. The van der Waals surface area contributed by atoms with Gasteiger partial charge in [-0.3, -0.25) is 0 Å². The van der Waals surface area contributed by atoms with Crippen LogP contribution in [0.5, 0.6) is 0 Å². The van der Waals surface area contributed by atoms with Gasteiger partial charge in [0.15, 0.2) is 0 Å². The van der Waals surface area contributed by atoms with E-state index in [1.165, 1.54) is 65.9 Å². The van der Waals surface area contributed by atoms with Crippen molar-refractivity contribution in [3.63, 3.8) is 0 Å². The minimum atomic E-state index is -1.64. The molecule has 0 saturated heterocycles. The van der Waals surface area contributed by atoms with Crippen molar-refractivity contribution in [3.8, 4) is 0 Å². The van der Waals surface area contributed by atoms with Gasteiger partial charge in [0.1, 0.15) is 24.2 Å². The number of allylic oxidation sites excluding steroid dienone is 24. The van der Waals surface area contributed by atoms with Gasteiger partial charge < -0.3 is 49.6 Å². The predicted octanol–water partition coefficient (Wildman–Crippen LogP) is 4.65. The summed E-state index contributed by atoms with van der Waals surface area (Å²) >= 11 is 12.0. The summed E-state index contributed by atoms with van der Waals surface area (Å²) in [5.74, 6) is 6.96. The van der Waals surface area contributed by atoms with Crippen molar-refractivity contribution < 1.29 is 102 Å². The van der Waals surface area contributed by atoms with E-state index in [-0.39, 0.29) is 102 Å². The molecular formula is C54H60Cl4S6Si3Zr2+4. The molecule has 6 aliphatic carbocycles. The van der Waals surface area contributed by atoms with Crippen LogP contribution >= 0.6 is 70.6 Å². The van der Waals surface area contributed by atoms with Gasteiger partial charge >= 0.3 is 52.4 Å². The monoisotopic (exact) mass is 1300 g/mol. The molecular weight excluding hydrogens is 1250 g/mol. The standard InChI is InChI=1S/3C18H20S2Si.4ClH.2Zr/c1-11-5-13-7-19-9-15(13)17(11)21(3,4)18-12(2)6-14-8-20-10-16(14)18;1-11-9-15-13(5-7-19-15)17(11)21(3,4)18-12(2)10-16-14(18)6-8-20-16;1-11-9-13-5-7-19-15(13)17(11)21(3,4)18-12(2)10-14-6-8-20-16(14)18;;;;;;/h3*5-6,9-10H,7-8H2,1-4H3;4*1H;;/q;;;;;;;2*+4/p-4. The summed E-state index contributed by atoms with van der Waals surface area (Å²) in [5, 5.41) is 14.9. The van der Waals surface area contributed by atoms with Crippen LogP contribution in [-0.4, -0.2) is 58.7 Å². The number of thioether (sulfide) groups is 6. The van der Waals surface area contributed by atoms with Gasteiger partial charge in [-0.2, -0.15) is 0 Å². The molecule has 0 spiro atoms. The number of hydrogen-bond acceptors (Lipinski definition) is 6. The summed E-state index contributed by atoms with van der Waals surface area (Å²) < 4.78 is 0. The topological polar surface area (TPSA) is 0 Å². The second-order valence-corrected chi connectivity index (χ2v) is 38.7. The molecule has 12 aliphatic rings. The predicted molar refractivity (Wildman–Crippen MR) is 300 cm³/mol. The molecule has 12 rings (SSSR count). The first kappa shape index (κ1) is 62.5. The van der Waals surface area contributed by atoms with Gasteiger partial charge in [0.2, 0.25) is 0 Å². The fraction of sp³-hybridized carbons (Fsp3) is 0.333. The molecule has 0 atom stereocenters. The van der Waals surface area contributed by atoms with E-state index in [0.29, 0.717) is 0 Å². The molecule has 0 amide bonds. The summed E-state index contributed by atoms with van der Waals surface area (Å²) in [6, 6.07) is 0. The Morgan fingerprint density at radius 3 is 1.07 bits per heavy atom. The number of fused-ring (bicyclic) bond motifs is 6. The van der Waals surface area contributed by atoms with Crippen LogP contribution in [0.2, 0.25) is 39.3 Å². The molecule has 0 saturated carbocycles. The van der Waals surface area contributed by atoms with E-state index < -0.39 is 24.2 Å². The number of rotatable bonds is 6. The molecule has 0 radical (unpaired) electrons. The summed E-state index contributed by atoms with van der Waals surface area (Å²) in [4.78, 5) is 6.21. The third-order valence-electron chi connectivity index (χ3n) is 14.6. The van der Waals surface area contributed by atoms with E-state index in [9.17, 15) is 0 Å². The minimum absolute atomic E-state index is 0. The van der Waals surface area contributed by atoms with Crippen LogP contribution in [-0.2, 0) is 52.4 Å². The van der Waals surface area contributed by atoms with Gasteiger partial charge in [0.25, 0.3) is 0 Å². The Labute approximate surface area is 506 Å². The van der Waals surface area contributed by atoms with E-state index in [4.69, 9.17) is 0 Å². The smallest absolute Gasteiger partial charge is 1.00 e. The van der Waals surface area contributed by atoms with Gasteiger partial charge in [-0.25, -0.2) is 0 Å². The third kappa shape index (κ3) is 10.8. The summed E-state index contributed by atoms with van der Waals surface area (Å²) in [7, 11) is -4.92. The van der Waals surface area contributed by atoms with Crippen LogP contribution in [0.25, 0.3) is 0 Å². The minimum Gasteiger partial charge on any atom is -1.00 e. The van der Waals surface area contributed by atoms with Crippen LogP contribution in [0.15, 0.2) is 200 Å². The molecule has 15 heteroatoms. The van der Waals surface area contributed by atoms with Crippen LogP contribution in [0.3, 0.4) is 0 Å². The molecule has 0 N–H and O–H groups in total. The average molecular weight is 1310 g/mol. The molecule has 0 aromatic rings. The Morgan fingerprint density at radius 2 is 0.696 bits per heavy atom. The van der Waals surface area contributed by atoms with E-state index in [1.54, 1.807) is 74.4 Å². The van der Waals surface area contributed by atoms with Crippen molar-refractivity contribution in [1.29, 1.82) is 0 Å².